The first-order valence-corrected chi connectivity index (χ1v) is 10.1. The lowest BCUT2D eigenvalue weighted by molar-refractivity contribution is -0.132. The molecule has 6 heteroatoms. The average molecular weight is 385 g/mol. The van der Waals surface area contributed by atoms with Gasteiger partial charge in [-0.25, -0.2) is 0 Å². The summed E-state index contributed by atoms with van der Waals surface area (Å²) in [7, 11) is 0. The molecule has 0 atom stereocenters. The lowest BCUT2D eigenvalue weighted by atomic mass is 9.96. The summed E-state index contributed by atoms with van der Waals surface area (Å²) in [5.41, 5.74) is 1.47. The molecule has 1 N–H and O–H groups in total. The van der Waals surface area contributed by atoms with Crippen LogP contribution in [0.4, 0.5) is 0 Å². The van der Waals surface area contributed by atoms with E-state index in [0.29, 0.717) is 24.9 Å². The van der Waals surface area contributed by atoms with Crippen LogP contribution in [0.2, 0.25) is 0 Å². The predicted octanol–water partition coefficient (Wildman–Crippen LogP) is 2.54. The highest BCUT2D eigenvalue weighted by Crippen LogP contribution is 2.13. The zero-order valence-corrected chi connectivity index (χ0v) is 17.3. The van der Waals surface area contributed by atoms with Crippen molar-refractivity contribution >= 4 is 11.8 Å². The highest BCUT2D eigenvalue weighted by molar-refractivity contribution is 5.81. The molecule has 0 spiro atoms. The second-order valence-corrected chi connectivity index (χ2v) is 8.43. The van der Waals surface area contributed by atoms with Crippen molar-refractivity contribution in [1.29, 1.82) is 5.26 Å². The maximum absolute atomic E-state index is 12.5. The van der Waals surface area contributed by atoms with Crippen molar-refractivity contribution in [1.82, 2.24) is 15.1 Å². The summed E-state index contributed by atoms with van der Waals surface area (Å²) in [5.74, 6) is 0.193. The Morgan fingerprint density at radius 1 is 1.11 bits per heavy atom. The summed E-state index contributed by atoms with van der Waals surface area (Å²) < 4.78 is 0. The number of amides is 2. The van der Waals surface area contributed by atoms with Crippen LogP contribution in [-0.2, 0) is 16.1 Å². The summed E-state index contributed by atoms with van der Waals surface area (Å²) in [4.78, 5) is 28.7. The number of carbonyl (C=O) groups excluding carboxylic acids is 2. The number of rotatable bonds is 6. The fourth-order valence-corrected chi connectivity index (χ4v) is 3.19. The number of hydrogen-bond donors (Lipinski definition) is 1. The molecule has 1 aliphatic heterocycles. The molecule has 152 valence electrons. The fourth-order valence-electron chi connectivity index (χ4n) is 3.19. The monoisotopic (exact) mass is 384 g/mol. The van der Waals surface area contributed by atoms with E-state index in [0.717, 1.165) is 39.1 Å². The van der Waals surface area contributed by atoms with Gasteiger partial charge in [0.2, 0.25) is 11.8 Å². The Bertz CT molecular complexity index is 701. The molecule has 1 aromatic carbocycles. The van der Waals surface area contributed by atoms with Crippen molar-refractivity contribution in [3.05, 3.63) is 35.4 Å². The molecule has 1 saturated heterocycles. The van der Waals surface area contributed by atoms with Gasteiger partial charge in [-0.2, -0.15) is 5.26 Å². The van der Waals surface area contributed by atoms with Crippen LogP contribution in [0.1, 0.15) is 51.2 Å². The maximum Gasteiger partial charge on any atom is 0.225 e. The number of benzene rings is 1. The van der Waals surface area contributed by atoms with Gasteiger partial charge in [0, 0.05) is 51.1 Å². The van der Waals surface area contributed by atoms with Crippen LogP contribution in [0.5, 0.6) is 0 Å². The Kier molecular flexibility index (Phi) is 8.01. The van der Waals surface area contributed by atoms with Crippen LogP contribution in [0, 0.1) is 16.7 Å². The van der Waals surface area contributed by atoms with Crippen LogP contribution in [0.25, 0.3) is 0 Å². The second kappa shape index (κ2) is 10.2. The maximum atomic E-state index is 12.5. The Balaban J connectivity index is 1.72. The summed E-state index contributed by atoms with van der Waals surface area (Å²) in [6.45, 7) is 10.4. The number of nitrogens with zero attached hydrogens (tertiary/aromatic N) is 3. The van der Waals surface area contributed by atoms with Gasteiger partial charge in [-0.3, -0.25) is 14.5 Å². The van der Waals surface area contributed by atoms with Gasteiger partial charge in [0.15, 0.2) is 0 Å². The molecule has 6 nitrogen and oxygen atoms in total. The van der Waals surface area contributed by atoms with E-state index in [9.17, 15) is 9.59 Å². The largest absolute Gasteiger partial charge is 0.356 e. The van der Waals surface area contributed by atoms with E-state index in [1.54, 1.807) is 0 Å². The van der Waals surface area contributed by atoms with Crippen molar-refractivity contribution < 1.29 is 9.59 Å². The molecule has 0 saturated carbocycles. The molecule has 1 aromatic rings. The van der Waals surface area contributed by atoms with Gasteiger partial charge in [-0.1, -0.05) is 32.9 Å². The molecule has 0 radical (unpaired) electrons. The molecule has 0 aliphatic carbocycles. The first-order chi connectivity index (χ1) is 13.3. The van der Waals surface area contributed by atoms with Gasteiger partial charge < -0.3 is 10.2 Å². The quantitative estimate of drug-likeness (QED) is 0.765. The highest BCUT2D eigenvalue weighted by Gasteiger charge is 2.21. The fraction of sp³-hybridized carbons (Fsp3) is 0.591. The van der Waals surface area contributed by atoms with Crippen molar-refractivity contribution in [3.63, 3.8) is 0 Å². The van der Waals surface area contributed by atoms with Crippen molar-refractivity contribution in [2.45, 2.75) is 46.6 Å². The highest BCUT2D eigenvalue weighted by atomic mass is 16.2. The minimum Gasteiger partial charge on any atom is -0.356 e. The van der Waals surface area contributed by atoms with E-state index in [1.807, 2.05) is 49.9 Å². The zero-order valence-electron chi connectivity index (χ0n) is 17.3. The van der Waals surface area contributed by atoms with Gasteiger partial charge in [0.25, 0.3) is 0 Å². The molecule has 0 aromatic heterocycles. The third-order valence-electron chi connectivity index (χ3n) is 4.96. The van der Waals surface area contributed by atoms with Gasteiger partial charge in [0.1, 0.15) is 0 Å². The Hall–Kier alpha value is -2.39. The summed E-state index contributed by atoms with van der Waals surface area (Å²) in [5, 5.41) is 11.8. The number of nitrogens with one attached hydrogen (secondary N) is 1. The topological polar surface area (TPSA) is 76.4 Å². The molecule has 1 fully saturated rings. The minimum atomic E-state index is -0.396. The average Bonchev–Trinajstić information content (AvgIpc) is 2.90. The normalized spacial score (nSPS) is 15.6. The standard InChI is InChI=1S/C22H32N4O2/c1-22(2,3)21(28)24-11-4-6-20(27)26-13-5-12-25(14-15-26)17-19-9-7-18(16-23)8-10-19/h7-10H,4-6,11-15,17H2,1-3H3,(H,24,28). The van der Waals surface area contributed by atoms with Crippen LogP contribution in [0.15, 0.2) is 24.3 Å². The Morgan fingerprint density at radius 2 is 1.82 bits per heavy atom. The molecular formula is C22H32N4O2. The predicted molar refractivity (Wildman–Crippen MR) is 109 cm³/mol. The first-order valence-electron chi connectivity index (χ1n) is 10.1. The lowest BCUT2D eigenvalue weighted by Gasteiger charge is -2.22. The molecule has 0 bridgehead atoms. The third-order valence-corrected chi connectivity index (χ3v) is 4.96. The molecule has 1 heterocycles. The molecule has 2 amide bonds. The van der Waals surface area contributed by atoms with Gasteiger partial charge in [-0.15, -0.1) is 0 Å². The molecule has 1 aliphatic rings. The minimum absolute atomic E-state index is 0.0214. The van der Waals surface area contributed by atoms with Crippen LogP contribution < -0.4 is 5.32 Å². The number of carbonyl (C=O) groups is 2. The van der Waals surface area contributed by atoms with Gasteiger partial charge in [-0.05, 0) is 30.5 Å². The SMILES string of the molecule is CC(C)(C)C(=O)NCCCC(=O)N1CCCN(Cc2ccc(C#N)cc2)CC1. The van der Waals surface area contributed by atoms with E-state index < -0.39 is 5.41 Å². The summed E-state index contributed by atoms with van der Waals surface area (Å²) in [6, 6.07) is 9.83. The summed E-state index contributed by atoms with van der Waals surface area (Å²) >= 11 is 0. The van der Waals surface area contributed by atoms with Crippen LogP contribution in [0.3, 0.4) is 0 Å². The van der Waals surface area contributed by atoms with E-state index >= 15 is 0 Å². The lowest BCUT2D eigenvalue weighted by Crippen LogP contribution is -2.37. The molecule has 28 heavy (non-hydrogen) atoms. The third kappa shape index (κ3) is 6.97. The second-order valence-electron chi connectivity index (χ2n) is 8.43. The summed E-state index contributed by atoms with van der Waals surface area (Å²) in [6.07, 6.45) is 2.11. The Labute approximate surface area is 168 Å². The van der Waals surface area contributed by atoms with E-state index in [-0.39, 0.29) is 11.8 Å². The Morgan fingerprint density at radius 3 is 2.46 bits per heavy atom. The van der Waals surface area contributed by atoms with Crippen molar-refractivity contribution in [2.75, 3.05) is 32.7 Å². The van der Waals surface area contributed by atoms with E-state index in [2.05, 4.69) is 16.3 Å². The van der Waals surface area contributed by atoms with Crippen LogP contribution in [-0.4, -0.2) is 54.3 Å². The number of nitriles is 1. The smallest absolute Gasteiger partial charge is 0.225 e. The first kappa shape index (κ1) is 21.9. The van der Waals surface area contributed by atoms with E-state index in [1.165, 1.54) is 5.56 Å². The van der Waals surface area contributed by atoms with E-state index in [4.69, 9.17) is 5.26 Å². The van der Waals surface area contributed by atoms with Crippen LogP contribution >= 0.6 is 0 Å². The van der Waals surface area contributed by atoms with Crippen molar-refractivity contribution in [2.24, 2.45) is 5.41 Å². The zero-order chi connectivity index (χ0) is 20.6. The van der Waals surface area contributed by atoms with Gasteiger partial charge in [0.05, 0.1) is 11.6 Å². The molecule has 0 unspecified atom stereocenters. The number of hydrogen-bond acceptors (Lipinski definition) is 4. The van der Waals surface area contributed by atoms with Crippen molar-refractivity contribution in [3.8, 4) is 6.07 Å². The molecular weight excluding hydrogens is 352 g/mol. The van der Waals surface area contributed by atoms with Gasteiger partial charge >= 0.3 is 0 Å². The molecule has 2 rings (SSSR count).